The first-order valence-electron chi connectivity index (χ1n) is 4.03. The van der Waals surface area contributed by atoms with Crippen LogP contribution in [0.15, 0.2) is 6.07 Å². The molecule has 0 aromatic heterocycles. The van der Waals surface area contributed by atoms with E-state index < -0.39 is 36.8 Å². The minimum atomic E-state index is -3.89. The smallest absolute Gasteiger partial charge is 0.222 e. The van der Waals surface area contributed by atoms with Crippen molar-refractivity contribution >= 4 is 13.5 Å². The molecule has 1 aromatic rings. The summed E-state index contributed by atoms with van der Waals surface area (Å²) in [5.41, 5.74) is -1.14. The number of hydrogen-bond acceptors (Lipinski definition) is 6. The molecule has 0 amide bonds. The molecule has 0 spiro atoms. The van der Waals surface area contributed by atoms with E-state index in [1.807, 2.05) is 0 Å². The van der Waals surface area contributed by atoms with Gasteiger partial charge in [0.05, 0.1) is 5.34 Å². The molecule has 0 saturated carbocycles. The zero-order valence-corrected chi connectivity index (χ0v) is 8.46. The lowest BCUT2D eigenvalue weighted by molar-refractivity contribution is -0.319. The Labute approximate surface area is 90.3 Å². The first kappa shape index (κ1) is 10.9. The molecule has 0 unspecified atom stereocenters. The summed E-state index contributed by atoms with van der Waals surface area (Å²) in [4.78, 5) is 0. The second-order valence-electron chi connectivity index (χ2n) is 3.02. The van der Waals surface area contributed by atoms with Gasteiger partial charge in [0.15, 0.2) is 29.0 Å². The molecular weight excluding hydrogens is 271 g/mol. The Hall–Kier alpha value is -1.19. The van der Waals surface area contributed by atoms with E-state index in [0.29, 0.717) is 0 Å². The summed E-state index contributed by atoms with van der Waals surface area (Å²) in [5.74, 6) is -6.96. The van der Waals surface area contributed by atoms with Gasteiger partial charge in [-0.1, -0.05) is 0 Å². The summed E-state index contributed by atoms with van der Waals surface area (Å²) in [5, 5.41) is 0.383. The molecule has 3 heterocycles. The number of halogens is 4. The molecule has 3 saturated heterocycles. The van der Waals surface area contributed by atoms with Crippen molar-refractivity contribution in [3.63, 3.8) is 0 Å². The lowest BCUT2D eigenvalue weighted by Gasteiger charge is -2.21. The number of nitrogens with zero attached hydrogens (tertiary/aromatic N) is 2. The summed E-state index contributed by atoms with van der Waals surface area (Å²) in [6, 6.07) is 0.101. The third-order valence-electron chi connectivity index (χ3n) is 1.95. The Morgan fingerprint density at radius 2 is 1.65 bits per heavy atom. The van der Waals surface area contributed by atoms with Crippen LogP contribution in [-0.4, -0.2) is 5.34 Å². The number of fused-ring (bicyclic) bond motifs is 1. The van der Waals surface area contributed by atoms with Crippen LogP contribution in [-0.2, 0) is 18.4 Å². The molecule has 0 N–H and O–H groups in total. The average Bonchev–Trinajstić information content (AvgIpc) is 2.67. The predicted octanol–water partition coefficient (Wildman–Crippen LogP) is 2.20. The highest BCUT2D eigenvalue weighted by Gasteiger charge is 2.61. The second-order valence-corrected chi connectivity index (χ2v) is 4.40. The van der Waals surface area contributed by atoms with E-state index in [9.17, 15) is 22.1 Å². The summed E-state index contributed by atoms with van der Waals surface area (Å²) in [6.07, 6.45) is 0. The predicted molar refractivity (Wildman–Crippen MR) is 41.5 cm³/mol. The van der Waals surface area contributed by atoms with Crippen LogP contribution in [0.2, 0.25) is 0 Å². The van der Waals surface area contributed by atoms with Crippen molar-refractivity contribution < 1.29 is 36.0 Å². The van der Waals surface area contributed by atoms with Crippen molar-refractivity contribution in [3.05, 3.63) is 29.3 Å². The van der Waals surface area contributed by atoms with Gasteiger partial charge in [0, 0.05) is 6.07 Å². The van der Waals surface area contributed by atoms with Crippen LogP contribution >= 0.6 is 7.82 Å². The van der Waals surface area contributed by atoms with Crippen molar-refractivity contribution in [1.29, 1.82) is 0 Å². The maximum atomic E-state index is 13.3. The zero-order chi connectivity index (χ0) is 12.4. The third kappa shape index (κ3) is 1.39. The normalized spacial score (nSPS) is 30.6. The van der Waals surface area contributed by atoms with Gasteiger partial charge in [-0.3, -0.25) is 0 Å². The molecule has 1 aromatic carbocycles. The Morgan fingerprint density at radius 1 is 1.00 bits per heavy atom. The fourth-order valence-corrected chi connectivity index (χ4v) is 2.13. The Bertz CT molecular complexity index is 559. The van der Waals surface area contributed by atoms with Crippen molar-refractivity contribution in [2.24, 2.45) is 0 Å². The van der Waals surface area contributed by atoms with Gasteiger partial charge in [-0.25, -0.2) is 22.1 Å². The van der Waals surface area contributed by atoms with Crippen molar-refractivity contribution in [2.75, 3.05) is 5.17 Å². The van der Waals surface area contributed by atoms with Crippen LogP contribution in [0.25, 0.3) is 0 Å². The molecule has 17 heavy (non-hydrogen) atoms. The van der Waals surface area contributed by atoms with Crippen molar-refractivity contribution in [2.45, 2.75) is 0 Å². The molecular formula is C6HF4N2O4P. The third-order valence-corrected chi connectivity index (χ3v) is 2.98. The highest BCUT2D eigenvalue weighted by atomic mass is 31.2. The number of anilines is 1. The van der Waals surface area contributed by atoms with E-state index >= 15 is 0 Å². The number of phosphoric acid groups is 1. The molecule has 11 heteroatoms. The fourth-order valence-electron chi connectivity index (χ4n) is 1.25. The monoisotopic (exact) mass is 272 g/mol. The minimum absolute atomic E-state index is 0.101. The van der Waals surface area contributed by atoms with Crippen LogP contribution in [0.3, 0.4) is 0 Å². The van der Waals surface area contributed by atoms with Gasteiger partial charge in [-0.05, 0) is 0 Å². The topological polar surface area (TPSA) is 51.2 Å². The molecule has 3 fully saturated rings. The zero-order valence-electron chi connectivity index (χ0n) is 7.56. The van der Waals surface area contributed by atoms with Gasteiger partial charge >= 0.3 is 7.82 Å². The molecule has 92 valence electrons. The first-order chi connectivity index (χ1) is 7.91. The molecule has 2 bridgehead atoms. The van der Waals surface area contributed by atoms with Crippen LogP contribution in [0.1, 0.15) is 0 Å². The summed E-state index contributed by atoms with van der Waals surface area (Å²) >= 11 is 0. The molecule has 4 rings (SSSR count). The van der Waals surface area contributed by atoms with Crippen molar-refractivity contribution in [1.82, 2.24) is 5.34 Å². The molecule has 3 aliphatic heterocycles. The van der Waals surface area contributed by atoms with Gasteiger partial charge in [0.1, 0.15) is 0 Å². The van der Waals surface area contributed by atoms with Gasteiger partial charge < -0.3 is 0 Å². The standard InChI is InChI=1S/C6HF4N2O4P/c7-2-1-3(8)6(5(10)4(2)9)11-12-15-17(13,14-11)16-12/h1H. The van der Waals surface area contributed by atoms with Crippen LogP contribution in [0.4, 0.5) is 23.2 Å². The number of rotatable bonds is 1. The van der Waals surface area contributed by atoms with E-state index in [4.69, 9.17) is 0 Å². The van der Waals surface area contributed by atoms with E-state index in [-0.39, 0.29) is 16.6 Å². The number of hydrogen-bond donors (Lipinski definition) is 0. The molecule has 0 atom stereocenters. The maximum absolute atomic E-state index is 13.3. The van der Waals surface area contributed by atoms with E-state index in [2.05, 4.69) is 13.9 Å². The van der Waals surface area contributed by atoms with Crippen LogP contribution in [0.5, 0.6) is 0 Å². The van der Waals surface area contributed by atoms with E-state index in [1.54, 1.807) is 0 Å². The lowest BCUT2D eigenvalue weighted by atomic mass is 10.2. The summed E-state index contributed by atoms with van der Waals surface area (Å²) < 4.78 is 76.1. The molecule has 3 aliphatic rings. The average molecular weight is 272 g/mol. The fraction of sp³-hybridized carbons (Fsp3) is 0. The molecule has 0 aliphatic carbocycles. The molecule has 6 nitrogen and oxygen atoms in total. The highest BCUT2D eigenvalue weighted by Crippen LogP contribution is 2.67. The van der Waals surface area contributed by atoms with Gasteiger partial charge in [-0.2, -0.15) is 0 Å². The number of benzene rings is 1. The lowest BCUT2D eigenvalue weighted by Crippen LogP contribution is -2.35. The van der Waals surface area contributed by atoms with Crippen LogP contribution < -0.4 is 5.17 Å². The van der Waals surface area contributed by atoms with Gasteiger partial charge in [0.25, 0.3) is 0 Å². The quantitative estimate of drug-likeness (QED) is 0.338. The first-order valence-corrected chi connectivity index (χ1v) is 5.50. The minimum Gasteiger partial charge on any atom is -0.222 e. The SMILES string of the molecule is O=P12ON(O1)N(c1c(F)cc(F)c(F)c1F)O2. The van der Waals surface area contributed by atoms with E-state index in [1.165, 1.54) is 0 Å². The van der Waals surface area contributed by atoms with Crippen molar-refractivity contribution in [3.8, 4) is 0 Å². The number of hydrazine groups is 1. The second kappa shape index (κ2) is 3.18. The Morgan fingerprint density at radius 3 is 2.18 bits per heavy atom. The largest absolute Gasteiger partial charge is 0.538 e. The Kier molecular flexibility index (Phi) is 2.04. The summed E-state index contributed by atoms with van der Waals surface area (Å²) in [7, 11) is -3.89. The van der Waals surface area contributed by atoms with Gasteiger partial charge in [0.2, 0.25) is 0 Å². The Balaban J connectivity index is 2.10. The molecule has 0 radical (unpaired) electrons. The van der Waals surface area contributed by atoms with E-state index in [0.717, 1.165) is 0 Å². The van der Waals surface area contributed by atoms with Gasteiger partial charge in [-0.15, -0.1) is 19.0 Å². The highest BCUT2D eigenvalue weighted by molar-refractivity contribution is 7.49. The summed E-state index contributed by atoms with van der Waals surface area (Å²) in [6.45, 7) is 0. The maximum Gasteiger partial charge on any atom is 0.538 e. The van der Waals surface area contributed by atoms with Crippen LogP contribution in [0, 0.1) is 23.3 Å².